The number of carbonyl (C=O) groups excluding carboxylic acids is 1. The van der Waals surface area contributed by atoms with Crippen LogP contribution in [-0.4, -0.2) is 33.9 Å². The third-order valence-electron chi connectivity index (χ3n) is 5.03. The lowest BCUT2D eigenvalue weighted by Gasteiger charge is -2.31. The summed E-state index contributed by atoms with van der Waals surface area (Å²) in [6.45, 7) is 7.37. The molecule has 0 radical (unpaired) electrons. The Morgan fingerprint density at radius 2 is 2.11 bits per heavy atom. The van der Waals surface area contributed by atoms with Crippen LogP contribution in [-0.2, 0) is 24.3 Å². The second-order valence-electron chi connectivity index (χ2n) is 7.30. The molecule has 0 spiro atoms. The molecule has 1 saturated heterocycles. The second-order valence-corrected chi connectivity index (χ2v) is 7.30. The molecule has 1 aliphatic heterocycles. The van der Waals surface area contributed by atoms with E-state index in [0.717, 1.165) is 62.8 Å². The molecule has 2 heterocycles. The molecule has 0 saturated carbocycles. The Balaban J connectivity index is 1.60. The highest BCUT2D eigenvalue weighted by atomic mass is 16.1. The third-order valence-corrected chi connectivity index (χ3v) is 5.03. The molecule has 3 rings (SSSR count). The molecule has 6 heteroatoms. The first-order chi connectivity index (χ1) is 13.0. The summed E-state index contributed by atoms with van der Waals surface area (Å²) >= 11 is 0. The molecule has 1 aromatic heterocycles. The third kappa shape index (κ3) is 5.50. The summed E-state index contributed by atoms with van der Waals surface area (Å²) in [7, 11) is 0. The SMILES string of the molecule is CCc1cc(NCc2cccc(CN3CCCC(C(N)=O)C3)c2)nc(C)n1. The Hall–Kier alpha value is -2.47. The van der Waals surface area contributed by atoms with E-state index in [1.165, 1.54) is 11.1 Å². The summed E-state index contributed by atoms with van der Waals surface area (Å²) in [5, 5.41) is 3.40. The van der Waals surface area contributed by atoms with Gasteiger partial charge in [0.05, 0.1) is 5.92 Å². The van der Waals surface area contributed by atoms with Crippen molar-refractivity contribution in [3.8, 4) is 0 Å². The van der Waals surface area contributed by atoms with Gasteiger partial charge in [-0.05, 0) is 43.9 Å². The fourth-order valence-corrected chi connectivity index (χ4v) is 3.62. The summed E-state index contributed by atoms with van der Waals surface area (Å²) in [6, 6.07) is 10.6. The molecule has 1 fully saturated rings. The lowest BCUT2D eigenvalue weighted by atomic mass is 9.97. The van der Waals surface area contributed by atoms with Crippen LogP contribution in [0.3, 0.4) is 0 Å². The minimum Gasteiger partial charge on any atom is -0.369 e. The van der Waals surface area contributed by atoms with Crippen molar-refractivity contribution in [2.45, 2.75) is 46.2 Å². The van der Waals surface area contributed by atoms with Crippen molar-refractivity contribution >= 4 is 11.7 Å². The van der Waals surface area contributed by atoms with Crippen molar-refractivity contribution in [3.63, 3.8) is 0 Å². The smallest absolute Gasteiger partial charge is 0.221 e. The van der Waals surface area contributed by atoms with E-state index in [1.54, 1.807) is 0 Å². The Labute approximate surface area is 161 Å². The number of rotatable bonds is 7. The number of hydrogen-bond donors (Lipinski definition) is 2. The van der Waals surface area contributed by atoms with Gasteiger partial charge >= 0.3 is 0 Å². The predicted octanol–water partition coefficient (Wildman–Crippen LogP) is 2.66. The number of primary amides is 1. The molecule has 1 amide bonds. The van der Waals surface area contributed by atoms with E-state index in [4.69, 9.17) is 5.73 Å². The molecule has 0 aliphatic carbocycles. The maximum absolute atomic E-state index is 11.5. The van der Waals surface area contributed by atoms with Gasteiger partial charge in [-0.3, -0.25) is 9.69 Å². The zero-order chi connectivity index (χ0) is 19.2. The van der Waals surface area contributed by atoms with Gasteiger partial charge in [0, 0.05) is 31.4 Å². The quantitative estimate of drug-likeness (QED) is 0.786. The molecule has 3 N–H and O–H groups in total. The highest BCUT2D eigenvalue weighted by Crippen LogP contribution is 2.19. The number of hydrogen-bond acceptors (Lipinski definition) is 5. The number of likely N-dealkylation sites (tertiary alicyclic amines) is 1. The van der Waals surface area contributed by atoms with E-state index in [-0.39, 0.29) is 11.8 Å². The first kappa shape index (κ1) is 19.3. The van der Waals surface area contributed by atoms with Gasteiger partial charge in [0.1, 0.15) is 11.6 Å². The van der Waals surface area contributed by atoms with Crippen LogP contribution >= 0.6 is 0 Å². The Morgan fingerprint density at radius 1 is 1.30 bits per heavy atom. The van der Waals surface area contributed by atoms with Crippen LogP contribution < -0.4 is 11.1 Å². The Kier molecular flexibility index (Phi) is 6.40. The van der Waals surface area contributed by atoms with Gasteiger partial charge in [-0.25, -0.2) is 9.97 Å². The molecule has 6 nitrogen and oxygen atoms in total. The van der Waals surface area contributed by atoms with Gasteiger partial charge < -0.3 is 11.1 Å². The maximum Gasteiger partial charge on any atom is 0.221 e. The number of amides is 1. The summed E-state index contributed by atoms with van der Waals surface area (Å²) in [4.78, 5) is 22.7. The van der Waals surface area contributed by atoms with Crippen LogP contribution in [0.15, 0.2) is 30.3 Å². The van der Waals surface area contributed by atoms with Crippen molar-refractivity contribution in [2.75, 3.05) is 18.4 Å². The monoisotopic (exact) mass is 367 g/mol. The van der Waals surface area contributed by atoms with Crippen molar-refractivity contribution in [3.05, 3.63) is 53.0 Å². The van der Waals surface area contributed by atoms with Gasteiger partial charge in [-0.2, -0.15) is 0 Å². The van der Waals surface area contributed by atoms with E-state index >= 15 is 0 Å². The van der Waals surface area contributed by atoms with Crippen LogP contribution in [0, 0.1) is 12.8 Å². The topological polar surface area (TPSA) is 84.1 Å². The number of aromatic nitrogens is 2. The van der Waals surface area contributed by atoms with E-state index in [0.29, 0.717) is 0 Å². The number of nitrogens with zero attached hydrogens (tertiary/aromatic N) is 3. The molecule has 1 unspecified atom stereocenters. The standard InChI is InChI=1S/C21H29N5O/c1-3-19-11-20(25-15(2)24-19)23-12-16-6-4-7-17(10-16)13-26-9-5-8-18(14-26)21(22)27/h4,6-7,10-11,18H,3,5,8-9,12-14H2,1-2H3,(H2,22,27)(H,23,24,25). The van der Waals surface area contributed by atoms with Crippen LogP contribution in [0.1, 0.15) is 42.4 Å². The number of aryl methyl sites for hydroxylation is 2. The summed E-state index contributed by atoms with van der Waals surface area (Å²) < 4.78 is 0. The number of carbonyl (C=O) groups is 1. The largest absolute Gasteiger partial charge is 0.369 e. The van der Waals surface area contributed by atoms with E-state index < -0.39 is 0 Å². The minimum atomic E-state index is -0.177. The Morgan fingerprint density at radius 3 is 2.89 bits per heavy atom. The zero-order valence-electron chi connectivity index (χ0n) is 16.2. The lowest BCUT2D eigenvalue weighted by molar-refractivity contribution is -0.123. The average molecular weight is 367 g/mol. The first-order valence-corrected chi connectivity index (χ1v) is 9.71. The van der Waals surface area contributed by atoms with Crippen molar-refractivity contribution < 1.29 is 4.79 Å². The number of piperidine rings is 1. The average Bonchev–Trinajstić information content (AvgIpc) is 2.66. The second kappa shape index (κ2) is 8.95. The van der Waals surface area contributed by atoms with Crippen LogP contribution in [0.25, 0.3) is 0 Å². The molecule has 144 valence electrons. The summed E-state index contributed by atoms with van der Waals surface area (Å²) in [5.74, 6) is 1.46. The van der Waals surface area contributed by atoms with E-state index in [9.17, 15) is 4.79 Å². The summed E-state index contributed by atoms with van der Waals surface area (Å²) in [5.41, 5.74) is 9.01. The number of nitrogens with one attached hydrogen (secondary N) is 1. The first-order valence-electron chi connectivity index (χ1n) is 9.71. The molecule has 1 aliphatic rings. The zero-order valence-corrected chi connectivity index (χ0v) is 16.2. The van der Waals surface area contributed by atoms with Gasteiger partial charge in [0.2, 0.25) is 5.91 Å². The van der Waals surface area contributed by atoms with Gasteiger partial charge in [0.25, 0.3) is 0 Å². The molecule has 1 atom stereocenters. The Bertz CT molecular complexity index is 792. The number of nitrogens with two attached hydrogens (primary N) is 1. The fourth-order valence-electron chi connectivity index (χ4n) is 3.62. The van der Waals surface area contributed by atoms with Crippen molar-refractivity contribution in [1.82, 2.24) is 14.9 Å². The highest BCUT2D eigenvalue weighted by molar-refractivity contribution is 5.76. The maximum atomic E-state index is 11.5. The molecule has 2 aromatic rings. The van der Waals surface area contributed by atoms with Gasteiger partial charge in [-0.1, -0.05) is 31.2 Å². The molecule has 0 bridgehead atoms. The molecule has 27 heavy (non-hydrogen) atoms. The predicted molar refractivity (Wildman–Crippen MR) is 107 cm³/mol. The minimum absolute atomic E-state index is 0.0163. The summed E-state index contributed by atoms with van der Waals surface area (Å²) in [6.07, 6.45) is 2.84. The van der Waals surface area contributed by atoms with E-state index in [1.807, 2.05) is 13.0 Å². The van der Waals surface area contributed by atoms with Crippen molar-refractivity contribution in [2.24, 2.45) is 11.7 Å². The molecule has 1 aromatic carbocycles. The normalized spacial score (nSPS) is 17.6. The van der Waals surface area contributed by atoms with Crippen LogP contribution in [0.4, 0.5) is 5.82 Å². The van der Waals surface area contributed by atoms with E-state index in [2.05, 4.69) is 51.4 Å². The van der Waals surface area contributed by atoms with Gasteiger partial charge in [0.15, 0.2) is 0 Å². The molecular formula is C21H29N5O. The fraction of sp³-hybridized carbons (Fsp3) is 0.476. The van der Waals surface area contributed by atoms with Crippen LogP contribution in [0.5, 0.6) is 0 Å². The molecular weight excluding hydrogens is 338 g/mol. The lowest BCUT2D eigenvalue weighted by Crippen LogP contribution is -2.40. The number of anilines is 1. The highest BCUT2D eigenvalue weighted by Gasteiger charge is 2.23. The van der Waals surface area contributed by atoms with Crippen molar-refractivity contribution in [1.29, 1.82) is 0 Å². The number of benzene rings is 1. The van der Waals surface area contributed by atoms with Gasteiger partial charge in [-0.15, -0.1) is 0 Å². The van der Waals surface area contributed by atoms with Crippen LogP contribution in [0.2, 0.25) is 0 Å².